The van der Waals surface area contributed by atoms with E-state index in [1.807, 2.05) is 0 Å². The molecule has 3 aromatic heterocycles. The van der Waals surface area contributed by atoms with Crippen molar-refractivity contribution in [1.29, 1.82) is 0 Å². The maximum absolute atomic E-state index is 13.0. The van der Waals surface area contributed by atoms with Gasteiger partial charge in [-0.25, -0.2) is 27.3 Å². The predicted molar refractivity (Wildman–Crippen MR) is 119 cm³/mol. The molecular weight excluding hydrogens is 474 g/mol. The highest BCUT2D eigenvalue weighted by Gasteiger charge is 2.36. The topological polar surface area (TPSA) is 79.3 Å². The highest BCUT2D eigenvalue weighted by Crippen LogP contribution is 2.27. The minimum atomic E-state index is -2.65. The maximum atomic E-state index is 13.0. The van der Waals surface area contributed by atoms with Gasteiger partial charge in [0.1, 0.15) is 17.2 Å². The zero-order valence-electron chi connectivity index (χ0n) is 18.3. The molecule has 3 aromatic rings. The number of halogens is 4. The number of amides is 1. The molecule has 0 aromatic carbocycles. The number of hydrogen-bond acceptors (Lipinski definition) is 6. The molecule has 0 unspecified atom stereocenters. The summed E-state index contributed by atoms with van der Waals surface area (Å²) in [6.07, 6.45) is 0.243. The number of nitrogens with zero attached hydrogens (tertiary/aromatic N) is 5. The number of pyridine rings is 1. The van der Waals surface area contributed by atoms with E-state index in [-0.39, 0.29) is 29.2 Å². The smallest absolute Gasteiger partial charge is 0.368 e. The fraction of sp³-hybridized carbons (Fsp3) is 0.476. The Bertz CT molecular complexity index is 1190. The molecule has 4 rings (SSSR count). The first-order valence-corrected chi connectivity index (χ1v) is 11.2. The molecule has 8 nitrogen and oxygen atoms in total. The maximum Gasteiger partial charge on any atom is 0.438 e. The minimum Gasteiger partial charge on any atom is -0.368 e. The number of anilines is 2. The Hall–Kier alpha value is -3.09. The van der Waals surface area contributed by atoms with Gasteiger partial charge >= 0.3 is 5.91 Å². The number of hydrogen-bond donors (Lipinski definition) is 2. The lowest BCUT2D eigenvalue weighted by Crippen LogP contribution is -2.37. The predicted octanol–water partition coefficient (Wildman–Crippen LogP) is 3.99. The van der Waals surface area contributed by atoms with E-state index in [1.165, 1.54) is 21.0 Å². The molecule has 0 aliphatic heterocycles. The van der Waals surface area contributed by atoms with E-state index in [4.69, 9.17) is 12.4 Å². The van der Waals surface area contributed by atoms with Crippen molar-refractivity contribution in [1.82, 2.24) is 19.2 Å². The number of alkyl halides is 4. The van der Waals surface area contributed by atoms with Crippen molar-refractivity contribution in [2.45, 2.75) is 50.6 Å². The van der Waals surface area contributed by atoms with Crippen LogP contribution in [0.25, 0.3) is 5.65 Å². The molecule has 0 bridgehead atoms. The van der Waals surface area contributed by atoms with Gasteiger partial charge in [0.2, 0.25) is 0 Å². The summed E-state index contributed by atoms with van der Waals surface area (Å²) in [5.41, 5.74) is 0.306. The Morgan fingerprint density at radius 1 is 1.21 bits per heavy atom. The number of carbonyl (C=O) groups is 1. The van der Waals surface area contributed by atoms with E-state index in [2.05, 4.69) is 20.7 Å². The largest absolute Gasteiger partial charge is 0.438 e. The Balaban J connectivity index is 1.38. The van der Waals surface area contributed by atoms with Gasteiger partial charge < -0.3 is 10.6 Å². The molecular formula is C21H24F4N7OS+. The zero-order chi connectivity index (χ0) is 24.4. The van der Waals surface area contributed by atoms with Crippen molar-refractivity contribution < 1.29 is 26.3 Å². The van der Waals surface area contributed by atoms with Crippen molar-refractivity contribution in [3.8, 4) is 0 Å². The third-order valence-corrected chi connectivity index (χ3v) is 6.26. The summed E-state index contributed by atoms with van der Waals surface area (Å²) < 4.78 is 55.4. The molecule has 1 saturated carbocycles. The molecule has 1 fully saturated rings. The van der Waals surface area contributed by atoms with Gasteiger partial charge in [-0.15, -0.1) is 0 Å². The minimum absolute atomic E-state index is 0.0689. The zero-order valence-corrected chi connectivity index (χ0v) is 19.1. The van der Waals surface area contributed by atoms with E-state index in [0.29, 0.717) is 37.1 Å². The number of carbonyl (C=O) groups excluding carboxylic acids is 1. The second kappa shape index (κ2) is 10.0. The van der Waals surface area contributed by atoms with Gasteiger partial charge in [-0.05, 0) is 25.0 Å². The monoisotopic (exact) mass is 498 g/mol. The fourth-order valence-corrected chi connectivity index (χ4v) is 4.46. The van der Waals surface area contributed by atoms with Crippen molar-refractivity contribution in [2.75, 3.05) is 17.2 Å². The van der Waals surface area contributed by atoms with Gasteiger partial charge in [0.15, 0.2) is 17.4 Å². The second-order valence-corrected chi connectivity index (χ2v) is 8.62. The van der Waals surface area contributed by atoms with Crippen LogP contribution in [0.2, 0.25) is 0 Å². The molecule has 1 amide bonds. The molecule has 13 heteroatoms. The molecule has 2 N–H and O–H groups in total. The van der Waals surface area contributed by atoms with Crippen LogP contribution < -0.4 is 10.6 Å². The first-order valence-electron chi connectivity index (χ1n) is 10.8. The Morgan fingerprint density at radius 3 is 2.62 bits per heavy atom. The van der Waals surface area contributed by atoms with Gasteiger partial charge in [0.05, 0.1) is 6.54 Å². The molecule has 0 atom stereocenters. The summed E-state index contributed by atoms with van der Waals surface area (Å²) in [5, 5.41) is 9.91. The van der Waals surface area contributed by atoms with Crippen LogP contribution >= 0.6 is 0 Å². The van der Waals surface area contributed by atoms with Crippen LogP contribution in [0.1, 0.15) is 48.2 Å². The number of aryl methyl sites for hydroxylation is 1. The molecule has 0 saturated heterocycles. The summed E-state index contributed by atoms with van der Waals surface area (Å²) in [6.45, 7) is -0.617. The van der Waals surface area contributed by atoms with Crippen LogP contribution in [0.5, 0.6) is 0 Å². The number of rotatable bonds is 8. The SMILES string of the molecule is Cn1cc(C(=O)[N+](=S)[C@H]2CC[C@@H](Nc3cccc4nc(C(F)F)cn34)CC2)c(NCC(F)F)n1. The third kappa shape index (κ3) is 5.18. The molecule has 182 valence electrons. The van der Waals surface area contributed by atoms with Crippen LogP contribution in [0.15, 0.2) is 30.6 Å². The summed E-state index contributed by atoms with van der Waals surface area (Å²) in [5.74, 6) is 0.283. The highest BCUT2D eigenvalue weighted by molar-refractivity contribution is 7.44. The number of imidazole rings is 1. The van der Waals surface area contributed by atoms with Gasteiger partial charge in [0, 0.05) is 38.3 Å². The summed E-state index contributed by atoms with van der Waals surface area (Å²) >= 11 is 5.39. The Labute approximate surface area is 198 Å². The second-order valence-electron chi connectivity index (χ2n) is 8.22. The normalized spacial score (nSPS) is 18.6. The number of nitrogens with one attached hydrogen (secondary N) is 2. The van der Waals surface area contributed by atoms with Crippen LogP contribution in [0.4, 0.5) is 29.2 Å². The van der Waals surface area contributed by atoms with E-state index < -0.39 is 25.3 Å². The van der Waals surface area contributed by atoms with Crippen molar-refractivity contribution >= 4 is 35.6 Å². The average Bonchev–Trinajstić information content (AvgIpc) is 3.41. The van der Waals surface area contributed by atoms with Crippen LogP contribution in [-0.2, 0) is 19.5 Å². The summed E-state index contributed by atoms with van der Waals surface area (Å²) in [6, 6.07) is 5.09. The van der Waals surface area contributed by atoms with Gasteiger partial charge in [-0.2, -0.15) is 5.10 Å². The van der Waals surface area contributed by atoms with Crippen molar-refractivity contribution in [2.24, 2.45) is 7.05 Å². The number of aromatic nitrogens is 4. The van der Waals surface area contributed by atoms with Crippen LogP contribution in [-0.4, -0.2) is 54.1 Å². The standard InChI is InChI=1S/C21H24F4N7OS/c1-30-10-14(20(29-30)26-9-16(22)23)21(33)32(34)13-7-5-12(6-8-13)27-17-3-2-4-18-28-15(19(24)25)11-31(17)18/h2-4,10-13,16,19,27H,5-9H2,1H3,(H,26,29)/q+1/t12-,13+. The third-order valence-electron chi connectivity index (χ3n) is 5.80. The summed E-state index contributed by atoms with van der Waals surface area (Å²) in [7, 11) is 1.60. The summed E-state index contributed by atoms with van der Waals surface area (Å²) in [4.78, 5) is 16.9. The first kappa shape index (κ1) is 24.0. The van der Waals surface area contributed by atoms with Crippen LogP contribution in [0, 0.1) is 0 Å². The highest BCUT2D eigenvalue weighted by atomic mass is 32.1. The van der Waals surface area contributed by atoms with Gasteiger partial charge in [-0.1, -0.05) is 10.0 Å². The molecule has 34 heavy (non-hydrogen) atoms. The van der Waals surface area contributed by atoms with Crippen molar-refractivity contribution in [3.05, 3.63) is 41.9 Å². The lowest BCUT2D eigenvalue weighted by Gasteiger charge is -2.26. The van der Waals surface area contributed by atoms with Gasteiger partial charge in [0.25, 0.3) is 25.3 Å². The van der Waals surface area contributed by atoms with Crippen molar-refractivity contribution in [3.63, 3.8) is 0 Å². The lowest BCUT2D eigenvalue weighted by molar-refractivity contribution is -0.448. The van der Waals surface area contributed by atoms with E-state index >= 15 is 0 Å². The fourth-order valence-electron chi connectivity index (χ4n) is 4.15. The molecule has 3 heterocycles. The lowest BCUT2D eigenvalue weighted by atomic mass is 9.91. The quantitative estimate of drug-likeness (QED) is 0.361. The molecule has 0 spiro atoms. The van der Waals surface area contributed by atoms with Gasteiger partial charge in [-0.3, -0.25) is 9.08 Å². The van der Waals surface area contributed by atoms with E-state index in [9.17, 15) is 22.4 Å². The number of fused-ring (bicyclic) bond motifs is 1. The van der Waals surface area contributed by atoms with E-state index in [1.54, 1.807) is 29.6 Å². The van der Waals surface area contributed by atoms with E-state index in [0.717, 1.165) is 0 Å². The Kier molecular flexibility index (Phi) is 7.10. The first-order chi connectivity index (χ1) is 16.2. The molecule has 1 aliphatic carbocycles. The molecule has 0 radical (unpaired) electrons. The molecule has 1 aliphatic rings. The average molecular weight is 499 g/mol. The van der Waals surface area contributed by atoms with Crippen LogP contribution in [0.3, 0.4) is 0 Å². The Morgan fingerprint density at radius 2 is 1.94 bits per heavy atom.